The van der Waals surface area contributed by atoms with Crippen molar-refractivity contribution in [1.29, 1.82) is 0 Å². The Morgan fingerprint density at radius 3 is 2.57 bits per heavy atom. The Labute approximate surface area is 212 Å². The number of benzene rings is 1. The number of rotatable bonds is 6. The van der Waals surface area contributed by atoms with Crippen molar-refractivity contribution in [3.8, 4) is 11.1 Å². The number of piperazine rings is 1. The van der Waals surface area contributed by atoms with E-state index in [0.29, 0.717) is 42.4 Å². The molecule has 4 heterocycles. The molecule has 2 aliphatic heterocycles. The van der Waals surface area contributed by atoms with E-state index in [4.69, 9.17) is 11.5 Å². The molecule has 12 heteroatoms. The van der Waals surface area contributed by atoms with Gasteiger partial charge in [-0.05, 0) is 37.2 Å². The normalized spacial score (nSPS) is 20.6. The highest BCUT2D eigenvalue weighted by Crippen LogP contribution is 2.37. The summed E-state index contributed by atoms with van der Waals surface area (Å²) in [6.07, 6.45) is 3.53. The quantitative estimate of drug-likeness (QED) is 0.328. The van der Waals surface area contributed by atoms with E-state index in [-0.39, 0.29) is 11.4 Å². The number of nitrogen functional groups attached to an aromatic ring is 1. The second kappa shape index (κ2) is 10.3. The summed E-state index contributed by atoms with van der Waals surface area (Å²) in [7, 11) is 0. The molecule has 1 amide bonds. The molecule has 7 N–H and O–H groups in total. The van der Waals surface area contributed by atoms with Gasteiger partial charge in [-0.3, -0.25) is 4.79 Å². The Balaban J connectivity index is 1.53. The van der Waals surface area contributed by atoms with E-state index >= 15 is 0 Å². The summed E-state index contributed by atoms with van der Waals surface area (Å²) in [5, 5.41) is 9.38. The molecule has 0 bridgehead atoms. The Morgan fingerprint density at radius 1 is 1.08 bits per heavy atom. The summed E-state index contributed by atoms with van der Waals surface area (Å²) in [6.45, 7) is 4.49. The van der Waals surface area contributed by atoms with Gasteiger partial charge in [0.1, 0.15) is 29.6 Å². The van der Waals surface area contributed by atoms with Gasteiger partial charge in [-0.2, -0.15) is 0 Å². The number of nitrogens with two attached hydrogens (primary N) is 2. The van der Waals surface area contributed by atoms with Gasteiger partial charge in [-0.1, -0.05) is 0 Å². The molecule has 1 aromatic carbocycles. The lowest BCUT2D eigenvalue weighted by Crippen LogP contribution is -2.54. The molecule has 2 aromatic heterocycles. The molecule has 2 aliphatic rings. The fourth-order valence-electron chi connectivity index (χ4n) is 4.89. The Bertz CT molecular complexity index is 1280. The number of hydrogen-bond acceptors (Lipinski definition) is 9. The molecule has 10 nitrogen and oxygen atoms in total. The average molecular weight is 510 g/mol. The Kier molecular flexibility index (Phi) is 6.96. The minimum Gasteiger partial charge on any atom is -0.383 e. The number of hydrogen-bond donors (Lipinski definition) is 5. The van der Waals surface area contributed by atoms with Crippen LogP contribution in [-0.2, 0) is 0 Å². The molecule has 0 radical (unpaired) electrons. The van der Waals surface area contributed by atoms with E-state index in [0.717, 1.165) is 44.1 Å². The van der Waals surface area contributed by atoms with Crippen LogP contribution >= 0.6 is 0 Å². The summed E-state index contributed by atoms with van der Waals surface area (Å²) in [5.41, 5.74) is 13.4. The molecule has 2 unspecified atom stereocenters. The number of carbonyl (C=O) groups is 1. The Morgan fingerprint density at radius 2 is 1.89 bits per heavy atom. The van der Waals surface area contributed by atoms with E-state index < -0.39 is 29.1 Å². The van der Waals surface area contributed by atoms with E-state index in [1.807, 2.05) is 12.1 Å². The zero-order valence-corrected chi connectivity index (χ0v) is 20.2. The first-order valence-corrected chi connectivity index (χ1v) is 12.1. The number of nitrogens with zero attached hydrogens (tertiary/aromatic N) is 4. The molecule has 194 valence electrons. The van der Waals surface area contributed by atoms with Crippen molar-refractivity contribution in [2.75, 3.05) is 49.9 Å². The standard InChI is InChI=1S/C25H29F2N9O/c26-16-2-3-17(18(27)11-16)24(37)35-22(25(29)5-6-31-13-25)21-20(23(28)34-14-33-21)15-1-4-19(32-12-15)36-9-7-30-8-10-36/h1-4,11-12,14,22,30-31H,5-10,13,29H2,(H,35,37)(H2,28,33,34). The minimum atomic E-state index is -0.970. The van der Waals surface area contributed by atoms with Crippen molar-refractivity contribution < 1.29 is 13.6 Å². The molecule has 0 saturated carbocycles. The minimum absolute atomic E-state index is 0.198. The van der Waals surface area contributed by atoms with Crippen LogP contribution < -0.4 is 32.3 Å². The maximum atomic E-state index is 14.4. The third-order valence-corrected chi connectivity index (χ3v) is 6.90. The molecular formula is C25H29F2N9O. The van der Waals surface area contributed by atoms with Crippen molar-refractivity contribution in [2.24, 2.45) is 5.73 Å². The highest BCUT2D eigenvalue weighted by Gasteiger charge is 2.42. The number of anilines is 2. The van der Waals surface area contributed by atoms with Gasteiger partial charge in [0.05, 0.1) is 22.8 Å². The van der Waals surface area contributed by atoms with Crippen molar-refractivity contribution in [1.82, 2.24) is 30.9 Å². The largest absolute Gasteiger partial charge is 0.383 e. The topological polar surface area (TPSA) is 147 Å². The maximum Gasteiger partial charge on any atom is 0.254 e. The van der Waals surface area contributed by atoms with Crippen LogP contribution in [0.25, 0.3) is 11.1 Å². The van der Waals surface area contributed by atoms with Crippen LogP contribution in [0, 0.1) is 11.6 Å². The predicted octanol–water partition coefficient (Wildman–Crippen LogP) is 0.971. The molecule has 3 aromatic rings. The number of pyridine rings is 1. The number of amides is 1. The van der Waals surface area contributed by atoms with Gasteiger partial charge < -0.3 is 32.3 Å². The van der Waals surface area contributed by atoms with Crippen LogP contribution in [0.4, 0.5) is 20.4 Å². The molecule has 2 fully saturated rings. The van der Waals surface area contributed by atoms with E-state index in [1.54, 1.807) is 6.20 Å². The van der Waals surface area contributed by atoms with Gasteiger partial charge in [0.25, 0.3) is 5.91 Å². The molecule has 2 saturated heterocycles. The van der Waals surface area contributed by atoms with Crippen LogP contribution in [0.3, 0.4) is 0 Å². The third kappa shape index (κ3) is 5.08. The van der Waals surface area contributed by atoms with Gasteiger partial charge in [0.15, 0.2) is 0 Å². The Hall–Kier alpha value is -3.74. The monoisotopic (exact) mass is 509 g/mol. The lowest BCUT2D eigenvalue weighted by atomic mass is 9.84. The zero-order chi connectivity index (χ0) is 26.0. The fraction of sp³-hybridized carbons (Fsp3) is 0.360. The predicted molar refractivity (Wildman–Crippen MR) is 136 cm³/mol. The number of nitrogens with one attached hydrogen (secondary N) is 3. The second-order valence-electron chi connectivity index (χ2n) is 9.35. The molecule has 0 aliphatic carbocycles. The van der Waals surface area contributed by atoms with Gasteiger partial charge >= 0.3 is 0 Å². The first kappa shape index (κ1) is 24.9. The van der Waals surface area contributed by atoms with Crippen molar-refractivity contribution in [3.05, 3.63) is 65.7 Å². The SMILES string of the molecule is Nc1ncnc(C(NC(=O)c2ccc(F)cc2F)C2(N)CCNC2)c1-c1ccc(N2CCNCC2)nc1. The van der Waals surface area contributed by atoms with Crippen molar-refractivity contribution >= 4 is 17.5 Å². The zero-order valence-electron chi connectivity index (χ0n) is 20.2. The fourth-order valence-corrected chi connectivity index (χ4v) is 4.89. The second-order valence-corrected chi connectivity index (χ2v) is 9.35. The van der Waals surface area contributed by atoms with Crippen LogP contribution in [0.2, 0.25) is 0 Å². The molecule has 0 spiro atoms. The molecule has 5 rings (SSSR count). The molecular weight excluding hydrogens is 480 g/mol. The molecule has 37 heavy (non-hydrogen) atoms. The van der Waals surface area contributed by atoms with Gasteiger partial charge in [-0.25, -0.2) is 23.7 Å². The van der Waals surface area contributed by atoms with Crippen molar-refractivity contribution in [3.63, 3.8) is 0 Å². The number of carbonyl (C=O) groups excluding carboxylic acids is 1. The van der Waals surface area contributed by atoms with Gasteiger partial charge in [0, 0.05) is 56.1 Å². The number of aromatic nitrogens is 3. The average Bonchev–Trinajstić information content (AvgIpc) is 3.35. The van der Waals surface area contributed by atoms with E-state index in [2.05, 4.69) is 35.8 Å². The lowest BCUT2D eigenvalue weighted by molar-refractivity contribution is 0.0910. The lowest BCUT2D eigenvalue weighted by Gasteiger charge is -2.34. The summed E-state index contributed by atoms with van der Waals surface area (Å²) < 4.78 is 27.9. The summed E-state index contributed by atoms with van der Waals surface area (Å²) >= 11 is 0. The van der Waals surface area contributed by atoms with Crippen LogP contribution in [0.15, 0.2) is 42.9 Å². The first-order chi connectivity index (χ1) is 17.9. The van der Waals surface area contributed by atoms with Crippen LogP contribution in [0.1, 0.15) is 28.5 Å². The summed E-state index contributed by atoms with van der Waals surface area (Å²) in [4.78, 5) is 28.6. The first-order valence-electron chi connectivity index (χ1n) is 12.1. The van der Waals surface area contributed by atoms with E-state index in [9.17, 15) is 13.6 Å². The number of halogens is 2. The van der Waals surface area contributed by atoms with E-state index in [1.165, 1.54) is 6.33 Å². The smallest absolute Gasteiger partial charge is 0.254 e. The molecule has 2 atom stereocenters. The third-order valence-electron chi connectivity index (χ3n) is 6.90. The van der Waals surface area contributed by atoms with Gasteiger partial charge in [-0.15, -0.1) is 0 Å². The van der Waals surface area contributed by atoms with Crippen LogP contribution in [-0.4, -0.2) is 65.7 Å². The summed E-state index contributed by atoms with van der Waals surface area (Å²) in [6, 6.07) is 5.74. The summed E-state index contributed by atoms with van der Waals surface area (Å²) in [5.74, 6) is -1.45. The highest BCUT2D eigenvalue weighted by atomic mass is 19.1. The van der Waals surface area contributed by atoms with Crippen LogP contribution in [0.5, 0.6) is 0 Å². The highest BCUT2D eigenvalue weighted by molar-refractivity contribution is 5.95. The maximum absolute atomic E-state index is 14.4. The van der Waals surface area contributed by atoms with Gasteiger partial charge in [0.2, 0.25) is 0 Å². The van der Waals surface area contributed by atoms with Crippen molar-refractivity contribution in [2.45, 2.75) is 18.0 Å².